The highest BCUT2D eigenvalue weighted by atomic mass is 16.5. The molecule has 3 aromatic rings. The van der Waals surface area contributed by atoms with Crippen molar-refractivity contribution in [3.63, 3.8) is 0 Å². The van der Waals surface area contributed by atoms with E-state index < -0.39 is 5.79 Å². The number of phenols is 1. The minimum Gasteiger partial charge on any atom is -0.507 e. The van der Waals surface area contributed by atoms with E-state index in [9.17, 15) is 15.3 Å². The summed E-state index contributed by atoms with van der Waals surface area (Å²) in [6.07, 6.45) is 1.89. The molecule has 0 bridgehead atoms. The Bertz CT molecular complexity index is 1030. The van der Waals surface area contributed by atoms with Crippen LogP contribution in [0.15, 0.2) is 60.7 Å². The molecule has 114 valence electrons. The van der Waals surface area contributed by atoms with E-state index in [2.05, 4.69) is 0 Å². The summed E-state index contributed by atoms with van der Waals surface area (Å²) in [6.45, 7) is 0. The SMILES string of the molecule is Oc1cc2ccccc2cc1C1=c2ccccc2=CCC1(O)O. The van der Waals surface area contributed by atoms with Gasteiger partial charge in [-0.2, -0.15) is 0 Å². The second-order valence-corrected chi connectivity index (χ2v) is 5.90. The first-order valence-electron chi connectivity index (χ1n) is 7.53. The van der Waals surface area contributed by atoms with Crippen molar-refractivity contribution in [1.82, 2.24) is 0 Å². The third kappa shape index (κ3) is 2.22. The van der Waals surface area contributed by atoms with Crippen molar-refractivity contribution in [3.8, 4) is 5.75 Å². The number of hydrogen-bond acceptors (Lipinski definition) is 3. The highest BCUT2D eigenvalue weighted by Crippen LogP contribution is 2.35. The van der Waals surface area contributed by atoms with Crippen molar-refractivity contribution in [2.75, 3.05) is 0 Å². The van der Waals surface area contributed by atoms with Crippen LogP contribution in [0.2, 0.25) is 0 Å². The molecule has 0 spiro atoms. The van der Waals surface area contributed by atoms with E-state index in [1.807, 2.05) is 54.6 Å². The molecular formula is C20H16O3. The van der Waals surface area contributed by atoms with Crippen LogP contribution in [0.5, 0.6) is 5.75 Å². The van der Waals surface area contributed by atoms with Gasteiger partial charge in [0.1, 0.15) is 5.75 Å². The molecule has 0 radical (unpaired) electrons. The lowest BCUT2D eigenvalue weighted by atomic mass is 9.87. The van der Waals surface area contributed by atoms with E-state index in [0.717, 1.165) is 21.2 Å². The van der Waals surface area contributed by atoms with Crippen molar-refractivity contribution < 1.29 is 15.3 Å². The fourth-order valence-corrected chi connectivity index (χ4v) is 3.26. The second-order valence-electron chi connectivity index (χ2n) is 5.90. The van der Waals surface area contributed by atoms with Gasteiger partial charge >= 0.3 is 0 Å². The minimum absolute atomic E-state index is 0.0443. The third-order valence-electron chi connectivity index (χ3n) is 4.37. The molecule has 0 heterocycles. The maximum absolute atomic E-state index is 10.5. The normalized spacial score (nSPS) is 16.0. The topological polar surface area (TPSA) is 60.7 Å². The molecule has 0 unspecified atom stereocenters. The molecule has 3 aromatic carbocycles. The van der Waals surface area contributed by atoms with Gasteiger partial charge in [0.2, 0.25) is 0 Å². The number of aliphatic hydroxyl groups is 2. The number of aromatic hydroxyl groups is 1. The Labute approximate surface area is 133 Å². The van der Waals surface area contributed by atoms with E-state index in [0.29, 0.717) is 11.1 Å². The summed E-state index contributed by atoms with van der Waals surface area (Å²) in [4.78, 5) is 0. The standard InChI is InChI=1S/C20H16O3/c21-18-12-15-7-2-1-6-14(15)11-17(18)19-16-8-4-3-5-13(16)9-10-20(19,22)23/h1-9,11-12,21-23H,10H2. The summed E-state index contributed by atoms with van der Waals surface area (Å²) in [5, 5.41) is 35.0. The number of rotatable bonds is 1. The van der Waals surface area contributed by atoms with Gasteiger partial charge in [0.15, 0.2) is 5.79 Å². The van der Waals surface area contributed by atoms with Gasteiger partial charge < -0.3 is 15.3 Å². The molecule has 0 atom stereocenters. The second kappa shape index (κ2) is 4.95. The summed E-state index contributed by atoms with van der Waals surface area (Å²) >= 11 is 0. The molecule has 0 saturated carbocycles. The van der Waals surface area contributed by atoms with Crippen LogP contribution >= 0.6 is 0 Å². The zero-order valence-corrected chi connectivity index (χ0v) is 12.4. The molecule has 0 fully saturated rings. The van der Waals surface area contributed by atoms with E-state index in [1.54, 1.807) is 12.1 Å². The molecule has 3 nitrogen and oxygen atoms in total. The zero-order valence-electron chi connectivity index (χ0n) is 12.4. The Kier molecular flexibility index (Phi) is 3.01. The van der Waals surface area contributed by atoms with Crippen molar-refractivity contribution >= 4 is 22.4 Å². The molecule has 3 heteroatoms. The average Bonchev–Trinajstić information content (AvgIpc) is 2.54. The van der Waals surface area contributed by atoms with Crippen LogP contribution in [-0.2, 0) is 0 Å². The largest absolute Gasteiger partial charge is 0.507 e. The minimum atomic E-state index is -2.01. The van der Waals surface area contributed by atoms with Crippen LogP contribution in [-0.4, -0.2) is 21.1 Å². The molecule has 23 heavy (non-hydrogen) atoms. The van der Waals surface area contributed by atoms with Crippen LogP contribution in [0, 0.1) is 0 Å². The highest BCUT2D eigenvalue weighted by Gasteiger charge is 2.33. The summed E-state index contributed by atoms with van der Waals surface area (Å²) < 4.78 is 0. The summed E-state index contributed by atoms with van der Waals surface area (Å²) in [6, 6.07) is 18.7. The van der Waals surface area contributed by atoms with Crippen molar-refractivity contribution in [1.29, 1.82) is 0 Å². The predicted molar refractivity (Wildman–Crippen MR) is 90.1 cm³/mol. The van der Waals surface area contributed by atoms with Crippen LogP contribution < -0.4 is 10.4 Å². The van der Waals surface area contributed by atoms with Crippen molar-refractivity contribution in [2.24, 2.45) is 0 Å². The van der Waals surface area contributed by atoms with Crippen LogP contribution in [0.25, 0.3) is 22.4 Å². The van der Waals surface area contributed by atoms with Crippen LogP contribution in [0.1, 0.15) is 12.0 Å². The average molecular weight is 304 g/mol. The summed E-state index contributed by atoms with van der Waals surface area (Å²) in [5.41, 5.74) is 0.799. The molecule has 3 N–H and O–H groups in total. The Morgan fingerprint density at radius 2 is 1.48 bits per heavy atom. The fourth-order valence-electron chi connectivity index (χ4n) is 3.26. The quantitative estimate of drug-likeness (QED) is 0.599. The maximum atomic E-state index is 10.5. The van der Waals surface area contributed by atoms with Gasteiger partial charge in [-0.05, 0) is 33.3 Å². The Balaban J connectivity index is 2.13. The third-order valence-corrected chi connectivity index (χ3v) is 4.37. The molecule has 0 amide bonds. The molecule has 1 aliphatic carbocycles. The van der Waals surface area contributed by atoms with Gasteiger partial charge in [0.25, 0.3) is 0 Å². The number of benzene rings is 3. The summed E-state index contributed by atoms with van der Waals surface area (Å²) in [7, 11) is 0. The Morgan fingerprint density at radius 3 is 2.26 bits per heavy atom. The van der Waals surface area contributed by atoms with Gasteiger partial charge in [0.05, 0.1) is 0 Å². The van der Waals surface area contributed by atoms with Gasteiger partial charge in [-0.25, -0.2) is 0 Å². The smallest absolute Gasteiger partial charge is 0.194 e. The first-order valence-corrected chi connectivity index (χ1v) is 7.53. The van der Waals surface area contributed by atoms with Crippen LogP contribution in [0.4, 0.5) is 0 Å². The predicted octanol–water partition coefficient (Wildman–Crippen LogP) is 1.61. The van der Waals surface area contributed by atoms with Gasteiger partial charge in [0, 0.05) is 17.6 Å². The molecule has 4 rings (SSSR count). The number of hydrogen-bond donors (Lipinski definition) is 3. The van der Waals surface area contributed by atoms with E-state index in [1.165, 1.54) is 0 Å². The maximum Gasteiger partial charge on any atom is 0.194 e. The van der Waals surface area contributed by atoms with Gasteiger partial charge in [-0.15, -0.1) is 0 Å². The molecule has 0 aliphatic heterocycles. The molecule has 0 saturated heterocycles. The number of fused-ring (bicyclic) bond motifs is 2. The zero-order chi connectivity index (χ0) is 16.0. The molecule has 1 aliphatic rings. The lowest BCUT2D eigenvalue weighted by Crippen LogP contribution is -2.43. The van der Waals surface area contributed by atoms with E-state index >= 15 is 0 Å². The Morgan fingerprint density at radius 1 is 0.826 bits per heavy atom. The first kappa shape index (κ1) is 14.0. The Hall–Kier alpha value is -2.62. The lowest BCUT2D eigenvalue weighted by Gasteiger charge is -2.27. The van der Waals surface area contributed by atoms with E-state index in [-0.39, 0.29) is 12.2 Å². The molecule has 0 aromatic heterocycles. The highest BCUT2D eigenvalue weighted by molar-refractivity contribution is 5.90. The first-order chi connectivity index (χ1) is 11.1. The van der Waals surface area contributed by atoms with Crippen LogP contribution in [0.3, 0.4) is 0 Å². The number of phenolic OH excluding ortho intramolecular Hbond substituents is 1. The fraction of sp³-hybridized carbons (Fsp3) is 0.100. The molecular weight excluding hydrogens is 288 g/mol. The van der Waals surface area contributed by atoms with E-state index in [4.69, 9.17) is 0 Å². The summed E-state index contributed by atoms with van der Waals surface area (Å²) in [5.74, 6) is -1.96. The van der Waals surface area contributed by atoms with Gasteiger partial charge in [-0.1, -0.05) is 54.6 Å². The van der Waals surface area contributed by atoms with Crippen molar-refractivity contribution in [2.45, 2.75) is 12.2 Å². The van der Waals surface area contributed by atoms with Crippen molar-refractivity contribution in [3.05, 3.63) is 76.7 Å². The lowest BCUT2D eigenvalue weighted by molar-refractivity contribution is -0.103. The monoisotopic (exact) mass is 304 g/mol. The van der Waals surface area contributed by atoms with Gasteiger partial charge in [-0.3, -0.25) is 0 Å².